The van der Waals surface area contributed by atoms with Crippen molar-refractivity contribution in [1.82, 2.24) is 15.2 Å². The number of rotatable bonds is 6. The van der Waals surface area contributed by atoms with E-state index in [1.165, 1.54) is 11.3 Å². The van der Waals surface area contributed by atoms with Gasteiger partial charge in [0.25, 0.3) is 0 Å². The average molecular weight is 269 g/mol. The van der Waals surface area contributed by atoms with E-state index < -0.39 is 5.97 Å². The van der Waals surface area contributed by atoms with Gasteiger partial charge in [-0.05, 0) is 12.8 Å². The number of carboxylic acid groups (broad SMARTS) is 1. The monoisotopic (exact) mass is 269 g/mol. The van der Waals surface area contributed by atoms with Crippen molar-refractivity contribution in [2.24, 2.45) is 0 Å². The largest absolute Gasteiger partial charge is 0.481 e. The molecule has 1 aromatic heterocycles. The number of urea groups is 1. The van der Waals surface area contributed by atoms with Crippen molar-refractivity contribution in [3.63, 3.8) is 0 Å². The Morgan fingerprint density at radius 1 is 1.56 bits per heavy atom. The molecule has 0 saturated heterocycles. The Morgan fingerprint density at radius 2 is 2.33 bits per heavy atom. The summed E-state index contributed by atoms with van der Waals surface area (Å²) in [6.07, 6.45) is 1.91. The molecular weight excluding hydrogens is 254 g/mol. The molecule has 1 heterocycles. The van der Waals surface area contributed by atoms with E-state index in [2.05, 4.69) is 10.3 Å². The van der Waals surface area contributed by atoms with Crippen molar-refractivity contribution in [3.05, 3.63) is 16.6 Å². The van der Waals surface area contributed by atoms with E-state index in [4.69, 9.17) is 5.11 Å². The Morgan fingerprint density at radius 3 is 2.89 bits per heavy atom. The molecule has 1 aromatic rings. The van der Waals surface area contributed by atoms with Crippen molar-refractivity contribution < 1.29 is 14.7 Å². The van der Waals surface area contributed by atoms with Gasteiger partial charge in [0.2, 0.25) is 0 Å². The first-order valence-electron chi connectivity index (χ1n) is 5.80. The molecule has 7 heteroatoms. The molecule has 1 saturated carbocycles. The molecule has 0 atom stereocenters. The molecule has 0 radical (unpaired) electrons. The van der Waals surface area contributed by atoms with Crippen LogP contribution in [0.25, 0.3) is 0 Å². The van der Waals surface area contributed by atoms with Gasteiger partial charge in [-0.25, -0.2) is 9.78 Å². The Kier molecular flexibility index (Phi) is 4.14. The summed E-state index contributed by atoms with van der Waals surface area (Å²) >= 11 is 1.48. The third kappa shape index (κ3) is 3.69. The molecule has 2 N–H and O–H groups in total. The molecule has 0 unspecified atom stereocenters. The lowest BCUT2D eigenvalue weighted by molar-refractivity contribution is -0.137. The Hall–Kier alpha value is -1.63. The molecule has 0 aliphatic heterocycles. The topological polar surface area (TPSA) is 82.5 Å². The zero-order chi connectivity index (χ0) is 13.0. The number of aliphatic carboxylic acids is 1. The van der Waals surface area contributed by atoms with E-state index in [1.54, 1.807) is 10.4 Å². The summed E-state index contributed by atoms with van der Waals surface area (Å²) in [6, 6.07) is 0.00605. The summed E-state index contributed by atoms with van der Waals surface area (Å²) in [4.78, 5) is 28.2. The van der Waals surface area contributed by atoms with E-state index in [0.717, 1.165) is 18.5 Å². The van der Waals surface area contributed by atoms with Gasteiger partial charge in [0.1, 0.15) is 0 Å². The fourth-order valence-corrected chi connectivity index (χ4v) is 2.20. The number of carbonyl (C=O) groups is 2. The standard InChI is InChI=1S/C11H15N3O3S/c15-10(16)3-4-14(9-1-2-9)11(17)12-5-8-6-18-7-13-8/h6-7,9H,1-5H2,(H,12,17)(H,15,16). The molecule has 2 rings (SSSR count). The van der Waals surface area contributed by atoms with Crippen LogP contribution in [-0.4, -0.2) is 39.6 Å². The van der Waals surface area contributed by atoms with Crippen molar-refractivity contribution in [2.75, 3.05) is 6.54 Å². The van der Waals surface area contributed by atoms with Gasteiger partial charge in [-0.15, -0.1) is 11.3 Å². The molecule has 0 bridgehead atoms. The second-order valence-electron chi connectivity index (χ2n) is 4.21. The second-order valence-corrected chi connectivity index (χ2v) is 4.93. The van der Waals surface area contributed by atoms with E-state index >= 15 is 0 Å². The number of nitrogens with one attached hydrogen (secondary N) is 1. The molecule has 2 amide bonds. The molecule has 0 spiro atoms. The van der Waals surface area contributed by atoms with Crippen molar-refractivity contribution in [3.8, 4) is 0 Å². The summed E-state index contributed by atoms with van der Waals surface area (Å²) in [7, 11) is 0. The Bertz CT molecular complexity index is 417. The molecule has 18 heavy (non-hydrogen) atoms. The number of thiazole rings is 1. The van der Waals surface area contributed by atoms with Gasteiger partial charge in [-0.1, -0.05) is 0 Å². The summed E-state index contributed by atoms with van der Waals surface area (Å²) in [6.45, 7) is 0.654. The number of hydrogen-bond donors (Lipinski definition) is 2. The molecule has 6 nitrogen and oxygen atoms in total. The third-order valence-electron chi connectivity index (χ3n) is 2.72. The molecule has 1 fully saturated rings. The van der Waals surface area contributed by atoms with Crippen LogP contribution in [0.3, 0.4) is 0 Å². The zero-order valence-electron chi connectivity index (χ0n) is 9.83. The number of aromatic nitrogens is 1. The van der Waals surface area contributed by atoms with E-state index in [1.807, 2.05) is 5.38 Å². The fourth-order valence-electron chi connectivity index (χ4n) is 1.64. The minimum atomic E-state index is -0.882. The van der Waals surface area contributed by atoms with Gasteiger partial charge < -0.3 is 15.3 Å². The van der Waals surface area contributed by atoms with E-state index in [0.29, 0.717) is 6.54 Å². The minimum absolute atomic E-state index is 0.0133. The van der Waals surface area contributed by atoms with Gasteiger partial charge in [0, 0.05) is 18.0 Å². The van der Waals surface area contributed by atoms with Crippen LogP contribution >= 0.6 is 11.3 Å². The number of carbonyl (C=O) groups excluding carboxylic acids is 1. The SMILES string of the molecule is O=C(O)CCN(C(=O)NCc1cscn1)C1CC1. The van der Waals surface area contributed by atoms with Crippen LogP contribution in [-0.2, 0) is 11.3 Å². The molecule has 98 valence electrons. The predicted molar refractivity (Wildman–Crippen MR) is 66.3 cm³/mol. The second kappa shape index (κ2) is 5.81. The lowest BCUT2D eigenvalue weighted by Crippen LogP contribution is -2.42. The van der Waals surface area contributed by atoms with E-state index in [9.17, 15) is 9.59 Å². The van der Waals surface area contributed by atoms with Crippen LogP contribution in [0, 0.1) is 0 Å². The Labute approximate surface area is 109 Å². The number of nitrogens with zero attached hydrogens (tertiary/aromatic N) is 2. The summed E-state index contributed by atoms with van der Waals surface area (Å²) < 4.78 is 0. The number of carboxylic acids is 1. The highest BCUT2D eigenvalue weighted by Crippen LogP contribution is 2.26. The third-order valence-corrected chi connectivity index (χ3v) is 3.35. The van der Waals surface area contributed by atoms with Crippen molar-refractivity contribution >= 4 is 23.3 Å². The highest BCUT2D eigenvalue weighted by molar-refractivity contribution is 7.07. The summed E-state index contributed by atoms with van der Waals surface area (Å²) in [5.41, 5.74) is 2.53. The predicted octanol–water partition coefficient (Wildman–Crippen LogP) is 1.29. The van der Waals surface area contributed by atoms with E-state index in [-0.39, 0.29) is 25.0 Å². The molecule has 0 aromatic carbocycles. The minimum Gasteiger partial charge on any atom is -0.481 e. The Balaban J connectivity index is 1.81. The molecular formula is C11H15N3O3S. The highest BCUT2D eigenvalue weighted by Gasteiger charge is 2.32. The first kappa shape index (κ1) is 12.8. The number of hydrogen-bond acceptors (Lipinski definition) is 4. The van der Waals surface area contributed by atoms with Gasteiger partial charge in [-0.2, -0.15) is 0 Å². The zero-order valence-corrected chi connectivity index (χ0v) is 10.7. The highest BCUT2D eigenvalue weighted by atomic mass is 32.1. The average Bonchev–Trinajstić information content (AvgIpc) is 3.03. The quantitative estimate of drug-likeness (QED) is 0.815. The molecule has 1 aliphatic carbocycles. The van der Waals surface area contributed by atoms with Crippen LogP contribution < -0.4 is 5.32 Å². The van der Waals surface area contributed by atoms with Crippen LogP contribution in [0.1, 0.15) is 25.0 Å². The fraction of sp³-hybridized carbons (Fsp3) is 0.545. The van der Waals surface area contributed by atoms with Gasteiger partial charge in [0.15, 0.2) is 0 Å². The first-order valence-corrected chi connectivity index (χ1v) is 6.74. The lowest BCUT2D eigenvalue weighted by Gasteiger charge is -2.21. The van der Waals surface area contributed by atoms with Gasteiger partial charge in [-0.3, -0.25) is 4.79 Å². The molecule has 1 aliphatic rings. The van der Waals surface area contributed by atoms with Crippen LogP contribution in [0.15, 0.2) is 10.9 Å². The lowest BCUT2D eigenvalue weighted by atomic mass is 10.4. The maximum atomic E-state index is 11.9. The summed E-state index contributed by atoms with van der Waals surface area (Å²) in [5, 5.41) is 13.3. The maximum Gasteiger partial charge on any atom is 0.317 e. The normalized spacial score (nSPS) is 14.2. The number of amides is 2. The smallest absolute Gasteiger partial charge is 0.317 e. The maximum absolute atomic E-state index is 11.9. The van der Waals surface area contributed by atoms with Crippen molar-refractivity contribution in [1.29, 1.82) is 0 Å². The van der Waals surface area contributed by atoms with Gasteiger partial charge in [0.05, 0.1) is 24.2 Å². The van der Waals surface area contributed by atoms with Crippen LogP contribution in [0.4, 0.5) is 4.79 Å². The van der Waals surface area contributed by atoms with Crippen molar-refractivity contribution in [2.45, 2.75) is 31.8 Å². The first-order chi connectivity index (χ1) is 8.66. The van der Waals surface area contributed by atoms with Gasteiger partial charge >= 0.3 is 12.0 Å². The van der Waals surface area contributed by atoms with Crippen LogP contribution in [0.5, 0.6) is 0 Å². The summed E-state index contributed by atoms with van der Waals surface area (Å²) in [5.74, 6) is -0.882. The van der Waals surface area contributed by atoms with Crippen LogP contribution in [0.2, 0.25) is 0 Å².